The standard InChI is InChI=1S/C27H27N5O3/c1-3-18-31(19-24(33)28-22-16-10-11-17-23(22)35-2)27(34)25-29-26(20-12-6-4-7-13-20)32(30-25)21-14-8-5-9-15-21/h4-17H,3,18-19H2,1-2H3,(H,28,33). The van der Waals surface area contributed by atoms with Gasteiger partial charge in [-0.05, 0) is 30.7 Å². The van der Waals surface area contributed by atoms with E-state index in [9.17, 15) is 9.59 Å². The first-order valence-electron chi connectivity index (χ1n) is 11.4. The number of amides is 2. The second-order valence-electron chi connectivity index (χ2n) is 7.85. The molecule has 0 aliphatic heterocycles. The molecule has 4 rings (SSSR count). The number of para-hydroxylation sites is 3. The fraction of sp³-hybridized carbons (Fsp3) is 0.185. The minimum Gasteiger partial charge on any atom is -0.495 e. The third kappa shape index (κ3) is 5.55. The van der Waals surface area contributed by atoms with Crippen molar-refractivity contribution in [2.75, 3.05) is 25.5 Å². The summed E-state index contributed by atoms with van der Waals surface area (Å²) >= 11 is 0. The summed E-state index contributed by atoms with van der Waals surface area (Å²) in [5, 5.41) is 7.36. The molecule has 4 aromatic rings. The fourth-order valence-electron chi connectivity index (χ4n) is 3.70. The highest BCUT2D eigenvalue weighted by Crippen LogP contribution is 2.24. The van der Waals surface area contributed by atoms with Crippen molar-refractivity contribution >= 4 is 17.5 Å². The molecule has 0 fully saturated rings. The van der Waals surface area contributed by atoms with Crippen LogP contribution in [0.5, 0.6) is 5.75 Å². The zero-order chi connectivity index (χ0) is 24.6. The number of anilines is 1. The van der Waals surface area contributed by atoms with Gasteiger partial charge in [0.25, 0.3) is 5.91 Å². The Morgan fingerprint density at radius 1 is 0.943 bits per heavy atom. The van der Waals surface area contributed by atoms with Crippen molar-refractivity contribution in [1.82, 2.24) is 19.7 Å². The number of carbonyl (C=O) groups is 2. The Hall–Kier alpha value is -4.46. The van der Waals surface area contributed by atoms with Gasteiger partial charge in [0.05, 0.1) is 18.5 Å². The molecule has 8 heteroatoms. The third-order valence-electron chi connectivity index (χ3n) is 5.33. The smallest absolute Gasteiger partial charge is 0.294 e. The molecule has 1 aromatic heterocycles. The summed E-state index contributed by atoms with van der Waals surface area (Å²) in [7, 11) is 1.54. The molecule has 0 saturated carbocycles. The van der Waals surface area contributed by atoms with Crippen LogP contribution in [0, 0.1) is 0 Å². The summed E-state index contributed by atoms with van der Waals surface area (Å²) in [6, 6.07) is 26.2. The summed E-state index contributed by atoms with van der Waals surface area (Å²) < 4.78 is 6.95. The summed E-state index contributed by atoms with van der Waals surface area (Å²) in [5.74, 6) is 0.391. The van der Waals surface area contributed by atoms with Crippen molar-refractivity contribution in [2.24, 2.45) is 0 Å². The van der Waals surface area contributed by atoms with E-state index < -0.39 is 5.91 Å². The number of benzene rings is 3. The van der Waals surface area contributed by atoms with Crippen LogP contribution in [0.25, 0.3) is 17.1 Å². The van der Waals surface area contributed by atoms with Crippen LogP contribution in [-0.2, 0) is 4.79 Å². The minimum absolute atomic E-state index is 0.0336. The maximum atomic E-state index is 13.5. The van der Waals surface area contributed by atoms with Gasteiger partial charge < -0.3 is 15.0 Å². The Morgan fingerprint density at radius 3 is 2.29 bits per heavy atom. The molecule has 0 saturated heterocycles. The first kappa shape index (κ1) is 23.7. The van der Waals surface area contributed by atoms with Crippen molar-refractivity contribution in [2.45, 2.75) is 13.3 Å². The number of methoxy groups -OCH3 is 1. The fourth-order valence-corrected chi connectivity index (χ4v) is 3.70. The van der Waals surface area contributed by atoms with E-state index in [2.05, 4.69) is 15.4 Å². The Kier molecular flexibility index (Phi) is 7.52. The Morgan fingerprint density at radius 2 is 1.60 bits per heavy atom. The van der Waals surface area contributed by atoms with Gasteiger partial charge in [0.15, 0.2) is 5.82 Å². The van der Waals surface area contributed by atoms with Crippen molar-refractivity contribution in [3.63, 3.8) is 0 Å². The zero-order valence-corrected chi connectivity index (χ0v) is 19.7. The van der Waals surface area contributed by atoms with Gasteiger partial charge in [-0.25, -0.2) is 9.67 Å². The van der Waals surface area contributed by atoms with Gasteiger partial charge in [-0.3, -0.25) is 9.59 Å². The first-order valence-corrected chi connectivity index (χ1v) is 11.4. The number of rotatable bonds is 9. The molecule has 0 atom stereocenters. The third-order valence-corrected chi connectivity index (χ3v) is 5.33. The summed E-state index contributed by atoms with van der Waals surface area (Å²) in [6.45, 7) is 2.20. The lowest BCUT2D eigenvalue weighted by molar-refractivity contribution is -0.116. The molecule has 1 heterocycles. The molecule has 0 radical (unpaired) electrons. The summed E-state index contributed by atoms with van der Waals surface area (Å²) in [6.07, 6.45) is 0.679. The molecule has 0 aliphatic carbocycles. The lowest BCUT2D eigenvalue weighted by Crippen LogP contribution is -2.39. The van der Waals surface area contributed by atoms with Crippen LogP contribution in [0.2, 0.25) is 0 Å². The van der Waals surface area contributed by atoms with E-state index in [0.29, 0.717) is 30.2 Å². The SMILES string of the molecule is CCCN(CC(=O)Nc1ccccc1OC)C(=O)c1nc(-c2ccccc2)n(-c2ccccc2)n1. The number of hydrogen-bond acceptors (Lipinski definition) is 5. The van der Waals surface area contributed by atoms with Crippen LogP contribution in [0.3, 0.4) is 0 Å². The predicted molar refractivity (Wildman–Crippen MR) is 135 cm³/mol. The van der Waals surface area contributed by atoms with Gasteiger partial charge in [0.2, 0.25) is 11.7 Å². The minimum atomic E-state index is -0.408. The summed E-state index contributed by atoms with van der Waals surface area (Å²) in [4.78, 5) is 32.3. The zero-order valence-electron chi connectivity index (χ0n) is 19.7. The number of nitrogens with one attached hydrogen (secondary N) is 1. The topological polar surface area (TPSA) is 89.4 Å². The van der Waals surface area contributed by atoms with Gasteiger partial charge in [-0.15, -0.1) is 5.10 Å². The molecule has 35 heavy (non-hydrogen) atoms. The molecule has 0 unspecified atom stereocenters. The lowest BCUT2D eigenvalue weighted by atomic mass is 10.2. The van der Waals surface area contributed by atoms with Crippen LogP contribution in [0.1, 0.15) is 24.0 Å². The molecule has 0 bridgehead atoms. The van der Waals surface area contributed by atoms with E-state index in [1.54, 1.807) is 22.9 Å². The number of ether oxygens (including phenoxy) is 1. The molecule has 0 spiro atoms. The number of hydrogen-bond donors (Lipinski definition) is 1. The van der Waals surface area contributed by atoms with Crippen LogP contribution in [0.4, 0.5) is 5.69 Å². The van der Waals surface area contributed by atoms with E-state index in [0.717, 1.165) is 11.3 Å². The molecule has 178 valence electrons. The molecular weight excluding hydrogens is 442 g/mol. The molecule has 1 N–H and O–H groups in total. The number of nitrogens with zero attached hydrogens (tertiary/aromatic N) is 4. The quantitative estimate of drug-likeness (QED) is 0.392. The predicted octanol–water partition coefficient (Wildman–Crippen LogP) is 4.43. The summed E-state index contributed by atoms with van der Waals surface area (Å²) in [5.41, 5.74) is 2.16. The second kappa shape index (κ2) is 11.1. The van der Waals surface area contributed by atoms with Gasteiger partial charge >= 0.3 is 0 Å². The highest BCUT2D eigenvalue weighted by Gasteiger charge is 2.25. The van der Waals surface area contributed by atoms with Gasteiger partial charge in [0, 0.05) is 12.1 Å². The van der Waals surface area contributed by atoms with Crippen LogP contribution < -0.4 is 10.1 Å². The first-order chi connectivity index (χ1) is 17.1. The maximum Gasteiger partial charge on any atom is 0.294 e. The largest absolute Gasteiger partial charge is 0.495 e. The molecule has 3 aromatic carbocycles. The van der Waals surface area contributed by atoms with Crippen LogP contribution in [0.15, 0.2) is 84.9 Å². The molecule has 0 aliphatic rings. The van der Waals surface area contributed by atoms with Crippen molar-refractivity contribution in [1.29, 1.82) is 0 Å². The van der Waals surface area contributed by atoms with E-state index in [1.807, 2.05) is 73.7 Å². The number of carbonyl (C=O) groups excluding carboxylic acids is 2. The van der Waals surface area contributed by atoms with Crippen LogP contribution in [-0.4, -0.2) is 51.7 Å². The van der Waals surface area contributed by atoms with E-state index in [4.69, 9.17) is 4.74 Å². The van der Waals surface area contributed by atoms with Gasteiger partial charge in [-0.1, -0.05) is 67.6 Å². The average molecular weight is 470 g/mol. The lowest BCUT2D eigenvalue weighted by Gasteiger charge is -2.20. The average Bonchev–Trinajstić information content (AvgIpc) is 3.35. The Labute approximate surface area is 204 Å². The Bertz CT molecular complexity index is 1230. The Balaban J connectivity index is 1.61. The van der Waals surface area contributed by atoms with E-state index in [-0.39, 0.29) is 18.3 Å². The van der Waals surface area contributed by atoms with E-state index in [1.165, 1.54) is 12.0 Å². The van der Waals surface area contributed by atoms with Gasteiger partial charge in [0.1, 0.15) is 12.3 Å². The van der Waals surface area contributed by atoms with Crippen LogP contribution >= 0.6 is 0 Å². The second-order valence-corrected chi connectivity index (χ2v) is 7.85. The van der Waals surface area contributed by atoms with Crippen molar-refractivity contribution in [3.05, 3.63) is 90.8 Å². The molecular formula is C27H27N5O3. The van der Waals surface area contributed by atoms with Crippen molar-refractivity contribution in [3.8, 4) is 22.8 Å². The maximum absolute atomic E-state index is 13.5. The van der Waals surface area contributed by atoms with Crippen molar-refractivity contribution < 1.29 is 14.3 Å². The molecule has 8 nitrogen and oxygen atoms in total. The normalized spacial score (nSPS) is 10.6. The van der Waals surface area contributed by atoms with Gasteiger partial charge in [-0.2, -0.15) is 0 Å². The highest BCUT2D eigenvalue weighted by molar-refractivity contribution is 5.98. The monoisotopic (exact) mass is 469 g/mol. The van der Waals surface area contributed by atoms with E-state index >= 15 is 0 Å². The highest BCUT2D eigenvalue weighted by atomic mass is 16.5. The number of aromatic nitrogens is 3. The molecule has 2 amide bonds.